The summed E-state index contributed by atoms with van der Waals surface area (Å²) in [6.45, 7) is 4.16. The number of benzene rings is 2. The fraction of sp³-hybridized carbons (Fsp3) is 0.400. The summed E-state index contributed by atoms with van der Waals surface area (Å²) in [6.07, 6.45) is 3.62. The number of ether oxygens (including phenoxy) is 1. The Balaban J connectivity index is 1.15. The predicted molar refractivity (Wildman–Crippen MR) is 119 cm³/mol. The van der Waals surface area contributed by atoms with E-state index in [0.29, 0.717) is 49.3 Å². The molecule has 168 valence electrons. The van der Waals surface area contributed by atoms with Crippen LogP contribution in [0.5, 0.6) is 5.75 Å². The van der Waals surface area contributed by atoms with Crippen molar-refractivity contribution in [1.29, 1.82) is 0 Å². The molecule has 3 aromatic rings. The smallest absolute Gasteiger partial charge is 0.226 e. The molecule has 32 heavy (non-hydrogen) atoms. The maximum atomic E-state index is 12.9. The normalized spacial score (nSPS) is 15.8. The molecule has 1 atom stereocenters. The minimum atomic E-state index is -0.270. The average molecular weight is 438 g/mol. The monoisotopic (exact) mass is 437 g/mol. The van der Waals surface area contributed by atoms with Gasteiger partial charge in [0.15, 0.2) is 0 Å². The lowest BCUT2D eigenvalue weighted by molar-refractivity contribution is -0.130. The van der Waals surface area contributed by atoms with E-state index in [4.69, 9.17) is 9.26 Å². The van der Waals surface area contributed by atoms with E-state index >= 15 is 0 Å². The highest BCUT2D eigenvalue weighted by atomic mass is 19.1. The van der Waals surface area contributed by atoms with Gasteiger partial charge in [0.2, 0.25) is 17.6 Å². The van der Waals surface area contributed by atoms with Crippen molar-refractivity contribution in [3.63, 3.8) is 0 Å². The maximum Gasteiger partial charge on any atom is 0.226 e. The summed E-state index contributed by atoms with van der Waals surface area (Å²) in [5, 5.41) is 4.04. The van der Waals surface area contributed by atoms with Crippen molar-refractivity contribution >= 4 is 5.91 Å². The van der Waals surface area contributed by atoms with E-state index in [-0.39, 0.29) is 11.7 Å². The van der Waals surface area contributed by atoms with Gasteiger partial charge in [0, 0.05) is 31.5 Å². The molecule has 1 aromatic heterocycles. The van der Waals surface area contributed by atoms with E-state index < -0.39 is 0 Å². The number of halogens is 1. The lowest BCUT2D eigenvalue weighted by Gasteiger charge is -2.16. The molecule has 6 nitrogen and oxygen atoms in total. The number of rotatable bonds is 9. The molecule has 1 aliphatic rings. The summed E-state index contributed by atoms with van der Waals surface area (Å²) < 4.78 is 24.0. The second-order valence-electron chi connectivity index (χ2n) is 8.32. The number of amides is 1. The van der Waals surface area contributed by atoms with Gasteiger partial charge in [-0.25, -0.2) is 4.39 Å². The van der Waals surface area contributed by atoms with Gasteiger partial charge in [-0.05, 0) is 56.4 Å². The first kappa shape index (κ1) is 22.0. The van der Waals surface area contributed by atoms with Crippen molar-refractivity contribution < 1.29 is 18.4 Å². The van der Waals surface area contributed by atoms with Gasteiger partial charge >= 0.3 is 0 Å². The molecule has 1 amide bonds. The van der Waals surface area contributed by atoms with Crippen molar-refractivity contribution in [3.05, 3.63) is 65.8 Å². The first-order chi connectivity index (χ1) is 15.6. The van der Waals surface area contributed by atoms with Gasteiger partial charge in [0.25, 0.3) is 0 Å². The molecule has 1 aliphatic heterocycles. The Morgan fingerprint density at radius 2 is 1.97 bits per heavy atom. The standard InChI is InChI=1S/C25H28FN3O3/c1-18-5-7-20(8-6-18)25-27-23(32-28-25)3-2-4-24(30)29-15-13-19(17-29)14-16-31-22-11-9-21(26)10-12-22/h5-12,19H,2-4,13-17H2,1H3. The number of carbonyl (C=O) groups excluding carboxylic acids is 1. The van der Waals surface area contributed by atoms with Crippen LogP contribution >= 0.6 is 0 Å². The van der Waals surface area contributed by atoms with Crippen LogP contribution in [0.25, 0.3) is 11.4 Å². The van der Waals surface area contributed by atoms with Crippen LogP contribution < -0.4 is 4.74 Å². The molecule has 1 fully saturated rings. The van der Waals surface area contributed by atoms with Crippen molar-refractivity contribution in [1.82, 2.24) is 15.0 Å². The zero-order chi connectivity index (χ0) is 22.3. The number of likely N-dealkylation sites (tertiary alicyclic amines) is 1. The average Bonchev–Trinajstić information content (AvgIpc) is 3.46. The van der Waals surface area contributed by atoms with Gasteiger partial charge in [0.1, 0.15) is 11.6 Å². The van der Waals surface area contributed by atoms with E-state index in [9.17, 15) is 9.18 Å². The van der Waals surface area contributed by atoms with Crippen LogP contribution in [0.2, 0.25) is 0 Å². The number of nitrogens with zero attached hydrogens (tertiary/aromatic N) is 3. The molecule has 1 unspecified atom stereocenters. The SMILES string of the molecule is Cc1ccc(-c2noc(CCCC(=O)N3CCC(CCOc4ccc(F)cc4)C3)n2)cc1. The molecule has 1 saturated heterocycles. The van der Waals surface area contributed by atoms with E-state index in [2.05, 4.69) is 10.1 Å². The van der Waals surface area contributed by atoms with Gasteiger partial charge < -0.3 is 14.2 Å². The summed E-state index contributed by atoms with van der Waals surface area (Å²) in [6, 6.07) is 14.0. The molecule has 0 bridgehead atoms. The maximum absolute atomic E-state index is 12.9. The molecule has 7 heteroatoms. The lowest BCUT2D eigenvalue weighted by Crippen LogP contribution is -2.28. The largest absolute Gasteiger partial charge is 0.494 e. The highest BCUT2D eigenvalue weighted by molar-refractivity contribution is 5.76. The van der Waals surface area contributed by atoms with Gasteiger partial charge in [-0.2, -0.15) is 4.98 Å². The predicted octanol–water partition coefficient (Wildman–Crippen LogP) is 4.82. The van der Waals surface area contributed by atoms with Crippen LogP contribution in [0.4, 0.5) is 4.39 Å². The van der Waals surface area contributed by atoms with E-state index in [1.165, 1.54) is 17.7 Å². The van der Waals surface area contributed by atoms with Crippen molar-refractivity contribution in [3.8, 4) is 17.1 Å². The van der Waals surface area contributed by atoms with Crippen LogP contribution in [0.3, 0.4) is 0 Å². The molecule has 2 heterocycles. The first-order valence-electron chi connectivity index (χ1n) is 11.1. The molecule has 0 radical (unpaired) electrons. The fourth-order valence-electron chi connectivity index (χ4n) is 3.89. The molecule has 0 aliphatic carbocycles. The van der Waals surface area contributed by atoms with Crippen LogP contribution in [-0.2, 0) is 11.2 Å². The number of aryl methyl sites for hydroxylation is 2. The molecule has 0 N–H and O–H groups in total. The van der Waals surface area contributed by atoms with Crippen molar-refractivity contribution in [2.45, 2.75) is 39.0 Å². The zero-order valence-corrected chi connectivity index (χ0v) is 18.3. The molecule has 0 spiro atoms. The highest BCUT2D eigenvalue weighted by Gasteiger charge is 2.25. The molecular formula is C25H28FN3O3. The molecule has 0 saturated carbocycles. The minimum Gasteiger partial charge on any atom is -0.494 e. The van der Waals surface area contributed by atoms with Gasteiger partial charge in [-0.15, -0.1) is 0 Å². The van der Waals surface area contributed by atoms with E-state index in [0.717, 1.165) is 31.5 Å². The fourth-order valence-corrected chi connectivity index (χ4v) is 3.89. The number of hydrogen-bond donors (Lipinski definition) is 0. The van der Waals surface area contributed by atoms with Crippen molar-refractivity contribution in [2.75, 3.05) is 19.7 Å². The van der Waals surface area contributed by atoms with E-state index in [1.54, 1.807) is 12.1 Å². The van der Waals surface area contributed by atoms with Crippen LogP contribution in [0.15, 0.2) is 53.1 Å². The second kappa shape index (κ2) is 10.4. The van der Waals surface area contributed by atoms with E-state index in [1.807, 2.05) is 36.1 Å². The summed E-state index contributed by atoms with van der Waals surface area (Å²) in [7, 11) is 0. The van der Waals surface area contributed by atoms with Crippen LogP contribution in [-0.4, -0.2) is 40.6 Å². The Bertz CT molecular complexity index is 1020. The third-order valence-corrected chi connectivity index (χ3v) is 5.81. The second-order valence-corrected chi connectivity index (χ2v) is 8.32. The van der Waals surface area contributed by atoms with Crippen LogP contribution in [0, 0.1) is 18.7 Å². The third-order valence-electron chi connectivity index (χ3n) is 5.81. The Hall–Kier alpha value is -3.22. The zero-order valence-electron chi connectivity index (χ0n) is 18.3. The van der Waals surface area contributed by atoms with Gasteiger partial charge in [-0.1, -0.05) is 35.0 Å². The number of carbonyl (C=O) groups is 1. The van der Waals surface area contributed by atoms with Gasteiger partial charge in [0.05, 0.1) is 6.61 Å². The first-order valence-corrected chi connectivity index (χ1v) is 11.1. The summed E-state index contributed by atoms with van der Waals surface area (Å²) in [4.78, 5) is 18.9. The molecule has 4 rings (SSSR count). The Kier molecular flexibility index (Phi) is 7.14. The summed E-state index contributed by atoms with van der Waals surface area (Å²) >= 11 is 0. The third kappa shape index (κ3) is 5.93. The number of aromatic nitrogens is 2. The summed E-state index contributed by atoms with van der Waals surface area (Å²) in [5.74, 6) is 2.15. The van der Waals surface area contributed by atoms with Gasteiger partial charge in [-0.3, -0.25) is 4.79 Å². The lowest BCUT2D eigenvalue weighted by atomic mass is 10.1. The van der Waals surface area contributed by atoms with Crippen LogP contribution in [0.1, 0.15) is 37.1 Å². The Morgan fingerprint density at radius 1 is 1.19 bits per heavy atom. The molecule has 2 aromatic carbocycles. The number of hydrogen-bond acceptors (Lipinski definition) is 5. The van der Waals surface area contributed by atoms with Crippen molar-refractivity contribution in [2.24, 2.45) is 5.92 Å². The topological polar surface area (TPSA) is 68.5 Å². The highest BCUT2D eigenvalue weighted by Crippen LogP contribution is 2.22. The summed E-state index contributed by atoms with van der Waals surface area (Å²) in [5.41, 5.74) is 2.11. The Labute approximate surface area is 187 Å². The minimum absolute atomic E-state index is 0.172. The quantitative estimate of drug-likeness (QED) is 0.480. The Morgan fingerprint density at radius 3 is 2.75 bits per heavy atom. The molecular weight excluding hydrogens is 409 g/mol.